The number of hydrogen-bond donors (Lipinski definition) is 10. The number of fused-ring (bicyclic) bond motifs is 1. The molecule has 69 heavy (non-hydrogen) atoms. The van der Waals surface area contributed by atoms with Crippen molar-refractivity contribution in [1.82, 2.24) is 30.8 Å². The fraction of sp³-hybridized carbons (Fsp3) is 0.500. The van der Waals surface area contributed by atoms with E-state index < -0.39 is 88.8 Å². The van der Waals surface area contributed by atoms with Crippen molar-refractivity contribution >= 4 is 70.2 Å². The lowest BCUT2D eigenvalue weighted by Crippen LogP contribution is -3.07. The van der Waals surface area contributed by atoms with Crippen LogP contribution in [0.3, 0.4) is 0 Å². The number of nitrogens with one attached hydrogen (secondary N) is 3. The van der Waals surface area contributed by atoms with Gasteiger partial charge in [0, 0.05) is 48.9 Å². The maximum absolute atomic E-state index is 15.4. The van der Waals surface area contributed by atoms with Crippen molar-refractivity contribution in [3.63, 3.8) is 0 Å². The molecule has 0 bridgehead atoms. The standard InChI is InChI=1S/C46H64N14O8S/c1-28(63)38-39(64)46(55-20-9-23-69-37-16-5-12-30-25-52-21-17-32(30)37,57-34(27-62)40(65)56-31(26-61)24-29-10-3-2-4-11-29)60(38)43(68)36(14-7-19-54-45(50)51)59(60)42(67)35-15-8-22-58(35)41(66)33(47)13-6-18-53-44(48)49/h2-5,10-12,16-17,21,25-26,28,31,33-36,38,55,57,62-63H,6-9,13-15,18-20,22-24,27,47H2,1H3,(H8-,48,49,50,51,53,54,56,65)/p+1/t28-,31+,33-,34-,35-,36-,38-,46?,60?/m0/s1. The molecule has 3 fully saturated rings. The first-order valence-corrected chi connectivity index (χ1v) is 24.2. The number of thioether (sulfide) groups is 1. The Hall–Kier alpha value is -6.08. The van der Waals surface area contributed by atoms with Crippen LogP contribution in [0.4, 0.5) is 0 Å². The predicted octanol–water partition coefficient (Wildman–Crippen LogP) is -1.94. The fourth-order valence-electron chi connectivity index (χ4n) is 9.67. The number of quaternary nitrogens is 1. The van der Waals surface area contributed by atoms with E-state index in [0.29, 0.717) is 31.3 Å². The number of hydrogen-bond acceptors (Lipinski definition) is 15. The van der Waals surface area contributed by atoms with E-state index in [9.17, 15) is 24.6 Å². The first kappa shape index (κ1) is 52.3. The summed E-state index contributed by atoms with van der Waals surface area (Å²) in [5.74, 6) is -5.61. The van der Waals surface area contributed by atoms with E-state index in [-0.39, 0.29) is 70.2 Å². The highest BCUT2D eigenvalue weighted by atomic mass is 32.2. The number of aliphatic hydroxyl groups excluding tert-OH is 2. The largest absolute Gasteiger partial charge is 0.394 e. The molecule has 2 unspecified atom stereocenters. The molecule has 0 aliphatic carbocycles. The second-order valence-corrected chi connectivity index (χ2v) is 18.6. The van der Waals surface area contributed by atoms with Crippen molar-refractivity contribution in [3.05, 3.63) is 72.6 Å². The van der Waals surface area contributed by atoms with Crippen molar-refractivity contribution in [2.24, 2.45) is 38.7 Å². The minimum absolute atomic E-state index is 0.0186. The summed E-state index contributed by atoms with van der Waals surface area (Å²) in [7, 11) is 0. The van der Waals surface area contributed by atoms with Gasteiger partial charge in [0.25, 0.3) is 11.7 Å². The minimum Gasteiger partial charge on any atom is -0.394 e. The van der Waals surface area contributed by atoms with Crippen molar-refractivity contribution < 1.29 is 43.6 Å². The Kier molecular flexibility index (Phi) is 17.8. The predicted molar refractivity (Wildman–Crippen MR) is 259 cm³/mol. The maximum atomic E-state index is 15.4. The Bertz CT molecular complexity index is 2380. The van der Waals surface area contributed by atoms with Crippen LogP contribution in [0, 0.1) is 0 Å². The lowest BCUT2D eigenvalue weighted by Gasteiger charge is -2.70. The zero-order valence-electron chi connectivity index (χ0n) is 38.7. The molecule has 3 aliphatic rings. The third-order valence-electron chi connectivity index (χ3n) is 12.8. The average Bonchev–Trinajstić information content (AvgIpc) is 3.83. The van der Waals surface area contributed by atoms with Gasteiger partial charge in [0.2, 0.25) is 17.9 Å². The highest BCUT2D eigenvalue weighted by Gasteiger charge is 2.90. The van der Waals surface area contributed by atoms with Gasteiger partial charge in [0.05, 0.1) is 18.7 Å². The van der Waals surface area contributed by atoms with Crippen molar-refractivity contribution in [1.29, 1.82) is 0 Å². The number of carbonyl (C=O) groups excluding carboxylic acids is 6. The molecule has 22 nitrogen and oxygen atoms in total. The molecule has 1 spiro atoms. The second kappa shape index (κ2) is 23.5. The van der Waals surface area contributed by atoms with Crippen LogP contribution >= 0.6 is 11.8 Å². The highest BCUT2D eigenvalue weighted by Crippen LogP contribution is 2.52. The van der Waals surface area contributed by atoms with Crippen LogP contribution in [-0.4, -0.2) is 164 Å². The molecule has 15 N–H and O–H groups in total. The Labute approximate surface area is 404 Å². The van der Waals surface area contributed by atoms with Crippen LogP contribution < -0.4 is 44.6 Å². The SMILES string of the molecule is C[C@H](O)[C@H]1C(=O)C(NCCCSc2cccc3cnccc23)(N[C@@H](CO)C(=O)N[C@@H](C=O)Cc2ccccc2)[N+]12C(=O)[C@H](CCCN=C(N)N)N2C(=O)[C@@H]1CCCN1C(=O)[C@@H](N)CCCN=C(N)N. The molecule has 9 atom stereocenters. The minimum atomic E-state index is -2.34. The smallest absolute Gasteiger partial charge is 0.370 e. The molecule has 4 heterocycles. The van der Waals surface area contributed by atoms with Gasteiger partial charge in [-0.2, -0.15) is 5.01 Å². The maximum Gasteiger partial charge on any atom is 0.370 e. The quantitative estimate of drug-likeness (QED) is 0.00840. The number of amides is 4. The third kappa shape index (κ3) is 11.0. The zero-order valence-corrected chi connectivity index (χ0v) is 39.5. The van der Waals surface area contributed by atoms with Gasteiger partial charge < -0.3 is 53.9 Å². The molecule has 23 heteroatoms. The number of nitrogens with zero attached hydrogens (tertiary/aromatic N) is 6. The van der Waals surface area contributed by atoms with E-state index >= 15 is 14.4 Å². The Morgan fingerprint density at radius 2 is 1.74 bits per heavy atom. The molecule has 3 aliphatic heterocycles. The van der Waals surface area contributed by atoms with E-state index in [1.54, 1.807) is 54.5 Å². The van der Waals surface area contributed by atoms with Crippen LogP contribution in [0.15, 0.2) is 81.9 Å². The van der Waals surface area contributed by atoms with E-state index in [1.807, 2.05) is 24.3 Å². The monoisotopic (exact) mass is 973 g/mol. The number of guanidine groups is 2. The summed E-state index contributed by atoms with van der Waals surface area (Å²) < 4.78 is -1.15. The molecule has 0 radical (unpaired) electrons. The molecule has 0 saturated carbocycles. The second-order valence-electron chi connectivity index (χ2n) is 17.5. The number of benzene rings is 2. The fourth-order valence-corrected chi connectivity index (χ4v) is 10.7. The summed E-state index contributed by atoms with van der Waals surface area (Å²) in [4.78, 5) is 101. The van der Waals surface area contributed by atoms with Gasteiger partial charge in [-0.25, -0.2) is 15.4 Å². The Morgan fingerprint density at radius 3 is 2.42 bits per heavy atom. The van der Waals surface area contributed by atoms with E-state index in [1.165, 1.54) is 16.8 Å². The molecular weight excluding hydrogens is 909 g/mol. The molecule has 4 amide bonds. The van der Waals surface area contributed by atoms with Crippen LogP contribution in [0.1, 0.15) is 57.4 Å². The number of nitrogens with two attached hydrogens (primary N) is 5. The number of pyridine rings is 1. The number of aldehydes is 1. The highest BCUT2D eigenvalue weighted by molar-refractivity contribution is 7.99. The van der Waals surface area contributed by atoms with Crippen molar-refractivity contribution in [2.75, 3.05) is 38.5 Å². The van der Waals surface area contributed by atoms with Crippen LogP contribution in [0.25, 0.3) is 10.8 Å². The lowest BCUT2D eigenvalue weighted by atomic mass is 9.78. The number of likely N-dealkylation sites (tertiary alicyclic amines) is 1. The van der Waals surface area contributed by atoms with Crippen molar-refractivity contribution in [2.45, 2.75) is 111 Å². The summed E-state index contributed by atoms with van der Waals surface area (Å²) >= 11 is 1.55. The number of rotatable bonds is 25. The van der Waals surface area contributed by atoms with Crippen molar-refractivity contribution in [3.8, 4) is 0 Å². The van der Waals surface area contributed by atoms with Gasteiger partial charge in [-0.1, -0.05) is 42.5 Å². The van der Waals surface area contributed by atoms with Gasteiger partial charge in [-0.3, -0.25) is 34.1 Å². The normalized spacial score (nSPS) is 23.6. The van der Waals surface area contributed by atoms with Gasteiger partial charge in [-0.15, -0.1) is 16.4 Å². The number of aromatic nitrogens is 1. The number of aliphatic hydroxyl groups is 2. The van der Waals surface area contributed by atoms with Crippen LogP contribution in [0.2, 0.25) is 0 Å². The van der Waals surface area contributed by atoms with Gasteiger partial charge >= 0.3 is 11.7 Å². The van der Waals surface area contributed by atoms with E-state index in [2.05, 4.69) is 30.9 Å². The zero-order chi connectivity index (χ0) is 49.9. The van der Waals surface area contributed by atoms with Crippen LogP contribution in [0.5, 0.6) is 0 Å². The lowest BCUT2D eigenvalue weighted by molar-refractivity contribution is -1.07. The van der Waals surface area contributed by atoms with E-state index in [4.69, 9.17) is 28.7 Å². The number of aliphatic imine (C=N–C) groups is 2. The number of carbonyl (C=O) groups is 6. The van der Waals surface area contributed by atoms with Gasteiger partial charge in [0.1, 0.15) is 24.5 Å². The third-order valence-corrected chi connectivity index (χ3v) is 13.9. The molecule has 2 aromatic carbocycles. The summed E-state index contributed by atoms with van der Waals surface area (Å²) in [6.07, 6.45) is 4.42. The first-order valence-electron chi connectivity index (χ1n) is 23.2. The topological polar surface area (TPSA) is 353 Å². The Balaban J connectivity index is 1.37. The van der Waals surface area contributed by atoms with Gasteiger partial charge in [-0.05, 0) is 87.1 Å². The molecule has 6 rings (SSSR count). The number of Topliss-reactive ketones (excluding diaryl/α,β-unsaturated/α-hetero) is 1. The average molecular weight is 974 g/mol. The molecule has 1 aromatic heterocycles. The summed E-state index contributed by atoms with van der Waals surface area (Å²) in [5.41, 5.74) is 29.2. The molecule has 3 aromatic rings. The van der Waals surface area contributed by atoms with E-state index in [0.717, 1.165) is 21.2 Å². The molecule has 372 valence electrons. The number of ketones is 1. The van der Waals surface area contributed by atoms with Gasteiger partial charge in [0.15, 0.2) is 18.0 Å². The molecular formula is C46H65N14O8S+. The summed E-state index contributed by atoms with van der Waals surface area (Å²) in [6.45, 7) is 0.937. The Morgan fingerprint density at radius 1 is 1.01 bits per heavy atom. The van der Waals surface area contributed by atoms with Crippen LogP contribution in [-0.2, 0) is 35.2 Å². The molecule has 3 saturated heterocycles. The summed E-state index contributed by atoms with van der Waals surface area (Å²) in [6, 6.07) is 9.08. The first-order chi connectivity index (χ1) is 33.1. The summed E-state index contributed by atoms with van der Waals surface area (Å²) in [5, 5.41) is 34.4.